The minimum Gasteiger partial charge on any atom is -0.496 e. The van der Waals surface area contributed by atoms with E-state index in [1.807, 2.05) is 36.4 Å². The number of carbonyl (C=O) groups excluding carboxylic acids is 1. The quantitative estimate of drug-likeness (QED) is 0.215. The zero-order chi connectivity index (χ0) is 22.4. The minimum absolute atomic E-state index is 0.373. The second-order valence-corrected chi connectivity index (χ2v) is 9.81. The molecule has 0 aliphatic carbocycles. The van der Waals surface area contributed by atoms with Crippen molar-refractivity contribution in [3.8, 4) is 11.5 Å². The van der Waals surface area contributed by atoms with Crippen molar-refractivity contribution in [2.45, 2.75) is 6.61 Å². The van der Waals surface area contributed by atoms with E-state index in [4.69, 9.17) is 9.47 Å². The molecule has 31 heavy (non-hydrogen) atoms. The SMILES string of the molecule is COc1ccc(Br)cc1C(=O)N/N=C\c1cc(Br)c(OCc2ccc(Br)cc2)c(Br)c1. The lowest BCUT2D eigenvalue weighted by molar-refractivity contribution is 0.0952. The Morgan fingerprint density at radius 2 is 1.61 bits per heavy atom. The van der Waals surface area contributed by atoms with Crippen LogP contribution in [-0.4, -0.2) is 19.2 Å². The van der Waals surface area contributed by atoms with Gasteiger partial charge in [-0.2, -0.15) is 5.10 Å². The Kier molecular flexibility index (Phi) is 8.71. The first-order valence-corrected chi connectivity index (χ1v) is 12.1. The predicted octanol–water partition coefficient (Wildman–Crippen LogP) is 7.09. The average Bonchev–Trinajstić information content (AvgIpc) is 2.74. The van der Waals surface area contributed by atoms with Crippen LogP contribution in [0.1, 0.15) is 21.5 Å². The van der Waals surface area contributed by atoms with Crippen LogP contribution in [0, 0.1) is 0 Å². The minimum atomic E-state index is -0.373. The summed E-state index contributed by atoms with van der Waals surface area (Å²) >= 11 is 13.8. The van der Waals surface area contributed by atoms with Crippen LogP contribution in [-0.2, 0) is 6.61 Å². The molecule has 3 aromatic rings. The fourth-order valence-corrected chi connectivity index (χ4v) is 4.69. The zero-order valence-electron chi connectivity index (χ0n) is 16.2. The molecule has 0 aliphatic heterocycles. The second-order valence-electron chi connectivity index (χ2n) is 6.27. The van der Waals surface area contributed by atoms with Crippen molar-refractivity contribution >= 4 is 75.8 Å². The van der Waals surface area contributed by atoms with Crippen molar-refractivity contribution in [1.29, 1.82) is 0 Å². The van der Waals surface area contributed by atoms with Gasteiger partial charge in [-0.3, -0.25) is 4.79 Å². The molecule has 0 aromatic heterocycles. The zero-order valence-corrected chi connectivity index (χ0v) is 22.5. The lowest BCUT2D eigenvalue weighted by Gasteiger charge is -2.11. The monoisotopic (exact) mass is 672 g/mol. The highest BCUT2D eigenvalue weighted by atomic mass is 79.9. The number of hydrogen-bond donors (Lipinski definition) is 1. The van der Waals surface area contributed by atoms with Gasteiger partial charge in [-0.15, -0.1) is 0 Å². The molecule has 0 radical (unpaired) electrons. The molecule has 3 rings (SSSR count). The number of methoxy groups -OCH3 is 1. The van der Waals surface area contributed by atoms with Crippen LogP contribution in [0.4, 0.5) is 0 Å². The normalized spacial score (nSPS) is 10.9. The van der Waals surface area contributed by atoms with E-state index in [1.165, 1.54) is 7.11 Å². The Balaban J connectivity index is 1.67. The molecule has 9 heteroatoms. The number of nitrogens with zero attached hydrogens (tertiary/aromatic N) is 1. The number of rotatable bonds is 7. The van der Waals surface area contributed by atoms with Crippen molar-refractivity contribution in [3.63, 3.8) is 0 Å². The summed E-state index contributed by atoms with van der Waals surface area (Å²) in [6.07, 6.45) is 1.55. The molecular weight excluding hydrogens is 660 g/mol. The van der Waals surface area contributed by atoms with E-state index in [0.29, 0.717) is 23.7 Å². The summed E-state index contributed by atoms with van der Waals surface area (Å²) in [5.74, 6) is 0.777. The first-order chi connectivity index (χ1) is 14.9. The number of amides is 1. The van der Waals surface area contributed by atoms with Crippen molar-refractivity contribution in [2.75, 3.05) is 7.11 Å². The third-order valence-corrected chi connectivity index (χ3v) is 6.30. The largest absolute Gasteiger partial charge is 0.496 e. The lowest BCUT2D eigenvalue weighted by Crippen LogP contribution is -2.18. The summed E-state index contributed by atoms with van der Waals surface area (Å²) in [4.78, 5) is 12.4. The maximum absolute atomic E-state index is 12.4. The first kappa shape index (κ1) is 24.0. The van der Waals surface area contributed by atoms with Gasteiger partial charge in [0.2, 0.25) is 0 Å². The number of hydrazone groups is 1. The maximum atomic E-state index is 12.4. The smallest absolute Gasteiger partial charge is 0.275 e. The van der Waals surface area contributed by atoms with E-state index < -0.39 is 0 Å². The van der Waals surface area contributed by atoms with Crippen LogP contribution < -0.4 is 14.9 Å². The van der Waals surface area contributed by atoms with E-state index in [2.05, 4.69) is 74.2 Å². The molecule has 1 amide bonds. The molecule has 5 nitrogen and oxygen atoms in total. The van der Waals surface area contributed by atoms with Crippen LogP contribution in [0.2, 0.25) is 0 Å². The van der Waals surface area contributed by atoms with Crippen LogP contribution in [0.3, 0.4) is 0 Å². The summed E-state index contributed by atoms with van der Waals surface area (Å²) < 4.78 is 14.5. The lowest BCUT2D eigenvalue weighted by atomic mass is 10.2. The van der Waals surface area contributed by atoms with Gasteiger partial charge in [0, 0.05) is 8.95 Å². The van der Waals surface area contributed by atoms with Gasteiger partial charge in [-0.25, -0.2) is 5.43 Å². The van der Waals surface area contributed by atoms with Crippen molar-refractivity contribution in [2.24, 2.45) is 5.10 Å². The summed E-state index contributed by atoms with van der Waals surface area (Å²) in [5, 5.41) is 4.05. The standard InChI is InChI=1S/C22H16Br4N2O3/c1-30-20-7-6-16(24)10-17(20)22(29)28-27-11-14-8-18(25)21(19(26)9-14)31-12-13-2-4-15(23)5-3-13/h2-11H,12H2,1H3,(H,28,29)/b27-11-. The Labute approximate surface area is 213 Å². The summed E-state index contributed by atoms with van der Waals surface area (Å²) in [7, 11) is 1.51. The summed E-state index contributed by atoms with van der Waals surface area (Å²) in [6, 6.07) is 16.8. The molecule has 0 bridgehead atoms. The molecule has 0 aliphatic rings. The molecule has 0 heterocycles. The number of nitrogens with one attached hydrogen (secondary N) is 1. The highest BCUT2D eigenvalue weighted by Crippen LogP contribution is 2.35. The molecule has 160 valence electrons. The molecule has 1 N–H and O–H groups in total. The Morgan fingerprint density at radius 1 is 0.968 bits per heavy atom. The van der Waals surface area contributed by atoms with Gasteiger partial charge in [0.1, 0.15) is 18.1 Å². The third-order valence-electron chi connectivity index (χ3n) is 4.10. The topological polar surface area (TPSA) is 59.9 Å². The second kappa shape index (κ2) is 11.3. The van der Waals surface area contributed by atoms with Gasteiger partial charge in [-0.05, 0) is 85.5 Å². The van der Waals surface area contributed by atoms with Gasteiger partial charge < -0.3 is 9.47 Å². The number of hydrogen-bond acceptors (Lipinski definition) is 4. The molecule has 0 fully saturated rings. The highest BCUT2D eigenvalue weighted by molar-refractivity contribution is 9.11. The van der Waals surface area contributed by atoms with Crippen LogP contribution in [0.5, 0.6) is 11.5 Å². The summed E-state index contributed by atoms with van der Waals surface area (Å²) in [5.41, 5.74) is 4.73. The maximum Gasteiger partial charge on any atom is 0.275 e. The molecule has 0 unspecified atom stereocenters. The summed E-state index contributed by atoms with van der Waals surface area (Å²) in [6.45, 7) is 0.433. The van der Waals surface area contributed by atoms with E-state index in [0.717, 1.165) is 29.0 Å². The van der Waals surface area contributed by atoms with Crippen molar-refractivity contribution in [3.05, 3.63) is 89.2 Å². The van der Waals surface area contributed by atoms with Crippen LogP contribution in [0.25, 0.3) is 0 Å². The van der Waals surface area contributed by atoms with E-state index in [9.17, 15) is 4.79 Å². The third kappa shape index (κ3) is 6.65. The van der Waals surface area contributed by atoms with E-state index in [-0.39, 0.29) is 5.91 Å². The van der Waals surface area contributed by atoms with Gasteiger partial charge in [-0.1, -0.05) is 44.0 Å². The molecule has 0 saturated heterocycles. The van der Waals surface area contributed by atoms with Gasteiger partial charge in [0.15, 0.2) is 0 Å². The fraction of sp³-hybridized carbons (Fsp3) is 0.0909. The first-order valence-electron chi connectivity index (χ1n) is 8.90. The Hall–Kier alpha value is -1.68. The predicted molar refractivity (Wildman–Crippen MR) is 136 cm³/mol. The van der Waals surface area contributed by atoms with Gasteiger partial charge in [0.25, 0.3) is 5.91 Å². The Morgan fingerprint density at radius 3 is 2.26 bits per heavy atom. The van der Waals surface area contributed by atoms with Gasteiger partial charge in [0.05, 0.1) is 27.8 Å². The Bertz CT molecular complexity index is 1100. The molecule has 3 aromatic carbocycles. The molecular formula is C22H16Br4N2O3. The molecule has 0 saturated carbocycles. The fourth-order valence-electron chi connectivity index (χ4n) is 2.61. The van der Waals surface area contributed by atoms with Crippen LogP contribution >= 0.6 is 63.7 Å². The van der Waals surface area contributed by atoms with Crippen LogP contribution in [0.15, 0.2) is 77.6 Å². The number of halogens is 4. The molecule has 0 spiro atoms. The van der Waals surface area contributed by atoms with Gasteiger partial charge >= 0.3 is 0 Å². The molecule has 0 atom stereocenters. The van der Waals surface area contributed by atoms with Crippen molar-refractivity contribution < 1.29 is 14.3 Å². The van der Waals surface area contributed by atoms with Crippen molar-refractivity contribution in [1.82, 2.24) is 5.43 Å². The highest BCUT2D eigenvalue weighted by Gasteiger charge is 2.12. The number of benzene rings is 3. The average molecular weight is 676 g/mol. The van der Waals surface area contributed by atoms with E-state index >= 15 is 0 Å². The van der Waals surface area contributed by atoms with E-state index in [1.54, 1.807) is 24.4 Å². The number of ether oxygens (including phenoxy) is 2. The number of carbonyl (C=O) groups is 1.